The van der Waals surface area contributed by atoms with Gasteiger partial charge in [0.1, 0.15) is 11.9 Å². The summed E-state index contributed by atoms with van der Waals surface area (Å²) in [5.74, 6) is 0.204. The normalized spacial score (nSPS) is 9.78. The van der Waals surface area contributed by atoms with E-state index >= 15 is 0 Å². The molecule has 0 radical (unpaired) electrons. The van der Waals surface area contributed by atoms with Gasteiger partial charge in [-0.15, -0.1) is 0 Å². The Hall–Kier alpha value is -2.48. The summed E-state index contributed by atoms with van der Waals surface area (Å²) in [6, 6.07) is 8.56. The van der Waals surface area contributed by atoms with E-state index in [1.807, 2.05) is 6.07 Å². The van der Waals surface area contributed by atoms with E-state index in [1.165, 1.54) is 18.5 Å². The van der Waals surface area contributed by atoms with E-state index < -0.39 is 0 Å². The lowest BCUT2D eigenvalue weighted by Gasteiger charge is -2.06. The first-order chi connectivity index (χ1) is 8.81. The van der Waals surface area contributed by atoms with E-state index in [-0.39, 0.29) is 11.5 Å². The molecule has 18 heavy (non-hydrogen) atoms. The highest BCUT2D eigenvalue weighted by Crippen LogP contribution is 2.09. The number of benzene rings is 1. The summed E-state index contributed by atoms with van der Waals surface area (Å²) in [6.07, 6.45) is 3.49. The van der Waals surface area contributed by atoms with Gasteiger partial charge >= 0.3 is 0 Å². The van der Waals surface area contributed by atoms with Gasteiger partial charge in [-0.05, 0) is 18.1 Å². The largest absolute Gasteiger partial charge is 0.367 e. The minimum Gasteiger partial charge on any atom is -0.367 e. The van der Waals surface area contributed by atoms with Gasteiger partial charge in [-0.1, -0.05) is 18.2 Å². The van der Waals surface area contributed by atoms with Crippen molar-refractivity contribution in [1.29, 1.82) is 5.26 Å². The van der Waals surface area contributed by atoms with Gasteiger partial charge < -0.3 is 5.32 Å². The third-order valence-electron chi connectivity index (χ3n) is 2.45. The maximum absolute atomic E-state index is 13.4. The van der Waals surface area contributed by atoms with Crippen LogP contribution >= 0.6 is 0 Å². The zero-order valence-electron chi connectivity index (χ0n) is 9.60. The van der Waals surface area contributed by atoms with Gasteiger partial charge in [-0.3, -0.25) is 0 Å². The number of nitriles is 1. The molecule has 1 N–H and O–H groups in total. The lowest BCUT2D eigenvalue weighted by atomic mass is 10.1. The Labute approximate surface area is 104 Å². The molecule has 0 atom stereocenters. The first kappa shape index (κ1) is 12.0. The van der Waals surface area contributed by atoms with Crippen LogP contribution in [0.25, 0.3) is 0 Å². The monoisotopic (exact) mass is 242 g/mol. The van der Waals surface area contributed by atoms with Gasteiger partial charge in [-0.25, -0.2) is 14.4 Å². The summed E-state index contributed by atoms with van der Waals surface area (Å²) in [5.41, 5.74) is 0.874. The second-order valence-electron chi connectivity index (χ2n) is 3.63. The summed E-state index contributed by atoms with van der Waals surface area (Å²) < 4.78 is 13.4. The Morgan fingerprint density at radius 3 is 2.78 bits per heavy atom. The molecule has 5 heteroatoms. The first-order valence-electron chi connectivity index (χ1n) is 5.49. The molecule has 0 bridgehead atoms. The highest BCUT2D eigenvalue weighted by molar-refractivity contribution is 5.46. The van der Waals surface area contributed by atoms with Crippen molar-refractivity contribution in [3.05, 3.63) is 53.7 Å². The van der Waals surface area contributed by atoms with Crippen molar-refractivity contribution < 1.29 is 4.39 Å². The van der Waals surface area contributed by atoms with Crippen LogP contribution < -0.4 is 5.32 Å². The van der Waals surface area contributed by atoms with Crippen LogP contribution in [0.2, 0.25) is 0 Å². The van der Waals surface area contributed by atoms with E-state index in [0.29, 0.717) is 24.3 Å². The Kier molecular flexibility index (Phi) is 3.82. The summed E-state index contributed by atoms with van der Waals surface area (Å²) in [4.78, 5) is 7.89. The summed E-state index contributed by atoms with van der Waals surface area (Å²) in [6.45, 7) is 0.494. The molecule has 1 aromatic carbocycles. The zero-order valence-corrected chi connectivity index (χ0v) is 9.60. The maximum atomic E-state index is 13.4. The van der Waals surface area contributed by atoms with Crippen molar-refractivity contribution in [2.45, 2.75) is 6.42 Å². The van der Waals surface area contributed by atoms with Crippen molar-refractivity contribution in [3.8, 4) is 6.07 Å². The number of nitrogens with zero attached hydrogens (tertiary/aromatic N) is 3. The van der Waals surface area contributed by atoms with E-state index in [0.717, 1.165) is 0 Å². The number of nitrogens with one attached hydrogen (secondary N) is 1. The molecule has 2 aromatic rings. The van der Waals surface area contributed by atoms with Crippen molar-refractivity contribution in [1.82, 2.24) is 9.97 Å². The highest BCUT2D eigenvalue weighted by Gasteiger charge is 2.04. The van der Waals surface area contributed by atoms with Crippen molar-refractivity contribution in [2.24, 2.45) is 0 Å². The minimum atomic E-state index is -0.223. The molecular formula is C13H11FN4. The van der Waals surface area contributed by atoms with Gasteiger partial charge in [0.05, 0.1) is 0 Å². The fourth-order valence-electron chi connectivity index (χ4n) is 1.57. The molecule has 2 rings (SSSR count). The average molecular weight is 242 g/mol. The smallest absolute Gasteiger partial charge is 0.182 e. The fraction of sp³-hybridized carbons (Fsp3) is 0.154. The van der Waals surface area contributed by atoms with Crippen LogP contribution in [-0.4, -0.2) is 16.5 Å². The second-order valence-corrected chi connectivity index (χ2v) is 3.63. The molecule has 0 spiro atoms. The predicted molar refractivity (Wildman–Crippen MR) is 65.3 cm³/mol. The number of hydrogen-bond donors (Lipinski definition) is 1. The lowest BCUT2D eigenvalue weighted by molar-refractivity contribution is 0.610. The molecule has 1 heterocycles. The molecule has 0 saturated heterocycles. The Morgan fingerprint density at radius 2 is 2.00 bits per heavy atom. The topological polar surface area (TPSA) is 61.6 Å². The third kappa shape index (κ3) is 2.80. The van der Waals surface area contributed by atoms with Crippen LogP contribution in [0.1, 0.15) is 11.3 Å². The molecule has 0 amide bonds. The Balaban J connectivity index is 1.97. The molecule has 1 aromatic heterocycles. The molecule has 90 valence electrons. The Bertz CT molecular complexity index is 577. The summed E-state index contributed by atoms with van der Waals surface area (Å²) >= 11 is 0. The molecule has 0 fully saturated rings. The fourth-order valence-corrected chi connectivity index (χ4v) is 1.57. The standard InChI is InChI=1S/C13H11FN4/c14-11-4-2-1-3-10(11)5-6-17-13-12(9-15)16-7-8-18-13/h1-4,7-8H,5-6H2,(H,17,18). The quantitative estimate of drug-likeness (QED) is 0.892. The van der Waals surface area contributed by atoms with Gasteiger partial charge in [0.2, 0.25) is 0 Å². The average Bonchev–Trinajstić information content (AvgIpc) is 2.41. The van der Waals surface area contributed by atoms with Gasteiger partial charge in [-0.2, -0.15) is 5.26 Å². The van der Waals surface area contributed by atoms with E-state index in [2.05, 4.69) is 15.3 Å². The highest BCUT2D eigenvalue weighted by atomic mass is 19.1. The number of halogens is 1. The minimum absolute atomic E-state index is 0.223. The van der Waals surface area contributed by atoms with Crippen LogP contribution in [0.4, 0.5) is 10.2 Å². The molecule has 0 aliphatic carbocycles. The van der Waals surface area contributed by atoms with E-state index in [4.69, 9.17) is 5.26 Å². The van der Waals surface area contributed by atoms with E-state index in [1.54, 1.807) is 18.2 Å². The summed E-state index contributed by atoms with van der Waals surface area (Å²) in [7, 11) is 0. The lowest BCUT2D eigenvalue weighted by Crippen LogP contribution is -2.09. The zero-order chi connectivity index (χ0) is 12.8. The third-order valence-corrected chi connectivity index (χ3v) is 2.45. The van der Waals surface area contributed by atoms with Gasteiger partial charge in [0.25, 0.3) is 0 Å². The van der Waals surface area contributed by atoms with Crippen molar-refractivity contribution >= 4 is 5.82 Å². The first-order valence-corrected chi connectivity index (χ1v) is 5.49. The number of hydrogen-bond acceptors (Lipinski definition) is 4. The van der Waals surface area contributed by atoms with Gasteiger partial charge in [0, 0.05) is 18.9 Å². The predicted octanol–water partition coefficient (Wildman–Crippen LogP) is 2.14. The van der Waals surface area contributed by atoms with Crippen LogP contribution in [0.3, 0.4) is 0 Å². The van der Waals surface area contributed by atoms with Crippen LogP contribution in [0, 0.1) is 17.1 Å². The van der Waals surface area contributed by atoms with Crippen molar-refractivity contribution in [3.63, 3.8) is 0 Å². The molecular weight excluding hydrogens is 231 g/mol. The maximum Gasteiger partial charge on any atom is 0.182 e. The van der Waals surface area contributed by atoms with Gasteiger partial charge in [0.15, 0.2) is 11.5 Å². The number of aromatic nitrogens is 2. The van der Waals surface area contributed by atoms with Crippen LogP contribution in [0.15, 0.2) is 36.7 Å². The second kappa shape index (κ2) is 5.73. The molecule has 0 unspecified atom stereocenters. The Morgan fingerprint density at radius 1 is 1.22 bits per heavy atom. The molecule has 0 aliphatic rings. The van der Waals surface area contributed by atoms with Crippen LogP contribution in [0.5, 0.6) is 0 Å². The molecule has 0 aliphatic heterocycles. The SMILES string of the molecule is N#Cc1nccnc1NCCc1ccccc1F. The number of rotatable bonds is 4. The van der Waals surface area contributed by atoms with E-state index in [9.17, 15) is 4.39 Å². The molecule has 0 saturated carbocycles. The number of anilines is 1. The van der Waals surface area contributed by atoms with Crippen molar-refractivity contribution in [2.75, 3.05) is 11.9 Å². The molecule has 4 nitrogen and oxygen atoms in total. The van der Waals surface area contributed by atoms with Crippen LogP contribution in [-0.2, 0) is 6.42 Å². The summed E-state index contributed by atoms with van der Waals surface area (Å²) in [5, 5.41) is 11.8.